The lowest BCUT2D eigenvalue weighted by Crippen LogP contribution is -1.96. The second kappa shape index (κ2) is 5.94. The fourth-order valence-corrected chi connectivity index (χ4v) is 1.89. The minimum atomic E-state index is -0.344. The van der Waals surface area contributed by atoms with Gasteiger partial charge in [-0.3, -0.25) is 0 Å². The quantitative estimate of drug-likeness (QED) is 0.776. The first-order valence-electron chi connectivity index (χ1n) is 5.79. The van der Waals surface area contributed by atoms with Crippen LogP contribution in [0, 0.1) is 5.82 Å². The van der Waals surface area contributed by atoms with Crippen LogP contribution in [0.3, 0.4) is 0 Å². The Labute approximate surface area is 120 Å². The second-order valence-electron chi connectivity index (χ2n) is 4.14. The molecule has 7 heteroatoms. The van der Waals surface area contributed by atoms with Gasteiger partial charge in [-0.25, -0.2) is 4.39 Å². The number of nitrogens with two attached hydrogens (primary N) is 1. The van der Waals surface area contributed by atoms with Crippen LogP contribution in [0.5, 0.6) is 5.75 Å². The van der Waals surface area contributed by atoms with E-state index in [1.807, 2.05) is 0 Å². The van der Waals surface area contributed by atoms with E-state index in [1.165, 1.54) is 12.3 Å². The van der Waals surface area contributed by atoms with Crippen LogP contribution in [0.2, 0.25) is 0 Å². The Morgan fingerprint density at radius 3 is 2.90 bits per heavy atom. The van der Waals surface area contributed by atoms with Gasteiger partial charge in [-0.2, -0.15) is 0 Å². The molecule has 106 valence electrons. The van der Waals surface area contributed by atoms with Gasteiger partial charge in [0, 0.05) is 35.8 Å². The standard InChI is InChI=1S/C13H12FN3O2.ClH/c14-12-4-10(18-7-8-1-2-19-17-8)5-13-11(12)3-9(6-15)16-13;/h1-5,16H,6-7,15H2;1H. The Bertz CT molecular complexity index is 697. The third-order valence-electron chi connectivity index (χ3n) is 2.81. The van der Waals surface area contributed by atoms with Crippen LogP contribution >= 0.6 is 12.4 Å². The van der Waals surface area contributed by atoms with Gasteiger partial charge in [-0.15, -0.1) is 12.4 Å². The molecule has 0 bridgehead atoms. The number of ether oxygens (including phenoxy) is 1. The molecule has 0 saturated carbocycles. The van der Waals surface area contributed by atoms with Gasteiger partial charge in [0.1, 0.15) is 30.1 Å². The molecule has 0 aliphatic heterocycles. The Morgan fingerprint density at radius 1 is 1.35 bits per heavy atom. The fourth-order valence-electron chi connectivity index (χ4n) is 1.89. The highest BCUT2D eigenvalue weighted by atomic mass is 35.5. The molecule has 3 rings (SSSR count). The molecule has 3 N–H and O–H groups in total. The molecule has 0 atom stereocenters. The molecular formula is C13H13ClFN3O2. The molecule has 2 heterocycles. The summed E-state index contributed by atoms with van der Waals surface area (Å²) in [4.78, 5) is 3.04. The molecule has 0 unspecified atom stereocenters. The minimum Gasteiger partial charge on any atom is -0.487 e. The molecule has 0 radical (unpaired) electrons. The first-order valence-corrected chi connectivity index (χ1v) is 5.79. The van der Waals surface area contributed by atoms with Gasteiger partial charge in [0.05, 0.1) is 5.52 Å². The first-order chi connectivity index (χ1) is 9.26. The van der Waals surface area contributed by atoms with Crippen molar-refractivity contribution in [2.45, 2.75) is 13.2 Å². The summed E-state index contributed by atoms with van der Waals surface area (Å²) in [5.41, 5.74) is 7.61. The molecule has 0 amide bonds. The maximum absolute atomic E-state index is 13.9. The molecule has 2 aromatic heterocycles. The van der Waals surface area contributed by atoms with E-state index in [-0.39, 0.29) is 24.8 Å². The maximum Gasteiger partial charge on any atom is 0.136 e. The predicted octanol–water partition coefficient (Wildman–Crippen LogP) is 2.75. The van der Waals surface area contributed by atoms with Gasteiger partial charge in [-0.1, -0.05) is 5.16 Å². The summed E-state index contributed by atoms with van der Waals surface area (Å²) >= 11 is 0. The zero-order valence-corrected chi connectivity index (χ0v) is 11.2. The van der Waals surface area contributed by atoms with Gasteiger partial charge >= 0.3 is 0 Å². The lowest BCUT2D eigenvalue weighted by molar-refractivity contribution is 0.288. The average Bonchev–Trinajstić information content (AvgIpc) is 3.05. The molecule has 0 fully saturated rings. The summed E-state index contributed by atoms with van der Waals surface area (Å²) in [6.45, 7) is 0.565. The van der Waals surface area contributed by atoms with E-state index in [2.05, 4.69) is 10.1 Å². The van der Waals surface area contributed by atoms with Crippen LogP contribution in [0.4, 0.5) is 4.39 Å². The van der Waals surface area contributed by atoms with Crippen molar-refractivity contribution in [1.29, 1.82) is 0 Å². The highest BCUT2D eigenvalue weighted by Gasteiger charge is 2.08. The molecule has 5 nitrogen and oxygen atoms in total. The summed E-state index contributed by atoms with van der Waals surface area (Å²) in [7, 11) is 0. The minimum absolute atomic E-state index is 0. The van der Waals surface area contributed by atoms with Crippen LogP contribution in [-0.2, 0) is 13.2 Å². The second-order valence-corrected chi connectivity index (χ2v) is 4.14. The largest absolute Gasteiger partial charge is 0.487 e. The summed E-state index contributed by atoms with van der Waals surface area (Å²) in [6.07, 6.45) is 1.46. The van der Waals surface area contributed by atoms with Crippen LogP contribution in [-0.4, -0.2) is 10.1 Å². The van der Waals surface area contributed by atoms with E-state index in [9.17, 15) is 4.39 Å². The molecule has 3 aromatic rings. The summed E-state index contributed by atoms with van der Waals surface area (Å²) < 4.78 is 24.0. The van der Waals surface area contributed by atoms with Crippen molar-refractivity contribution in [3.8, 4) is 5.75 Å². The van der Waals surface area contributed by atoms with E-state index in [1.54, 1.807) is 18.2 Å². The fraction of sp³-hybridized carbons (Fsp3) is 0.154. The monoisotopic (exact) mass is 297 g/mol. The number of H-pyrrole nitrogens is 1. The van der Waals surface area contributed by atoms with Crippen LogP contribution < -0.4 is 10.5 Å². The van der Waals surface area contributed by atoms with Gasteiger partial charge in [0.15, 0.2) is 0 Å². The lowest BCUT2D eigenvalue weighted by atomic mass is 10.2. The SMILES string of the molecule is Cl.NCc1cc2c(F)cc(OCc3ccon3)cc2[nH]1. The Balaban J connectivity index is 0.00000147. The van der Waals surface area contributed by atoms with Gasteiger partial charge in [0.25, 0.3) is 0 Å². The number of hydrogen-bond donors (Lipinski definition) is 2. The number of hydrogen-bond acceptors (Lipinski definition) is 4. The zero-order chi connectivity index (χ0) is 13.2. The summed E-state index contributed by atoms with van der Waals surface area (Å²) in [5, 5.41) is 4.22. The molecule has 0 aliphatic carbocycles. The van der Waals surface area contributed by atoms with Crippen LogP contribution in [0.25, 0.3) is 10.9 Å². The van der Waals surface area contributed by atoms with Crippen molar-refractivity contribution in [3.05, 3.63) is 47.7 Å². The number of nitrogens with zero attached hydrogens (tertiary/aromatic N) is 1. The molecule has 0 saturated heterocycles. The van der Waals surface area contributed by atoms with E-state index in [4.69, 9.17) is 15.0 Å². The highest BCUT2D eigenvalue weighted by Crippen LogP contribution is 2.25. The maximum atomic E-state index is 13.9. The average molecular weight is 298 g/mol. The molecular weight excluding hydrogens is 285 g/mol. The number of aromatic nitrogens is 2. The number of halogens is 2. The molecule has 20 heavy (non-hydrogen) atoms. The number of fused-ring (bicyclic) bond motifs is 1. The third-order valence-corrected chi connectivity index (χ3v) is 2.81. The van der Waals surface area contributed by atoms with Gasteiger partial charge in [0.2, 0.25) is 0 Å². The van der Waals surface area contributed by atoms with Crippen molar-refractivity contribution in [3.63, 3.8) is 0 Å². The van der Waals surface area contributed by atoms with Gasteiger partial charge in [-0.05, 0) is 6.07 Å². The number of rotatable bonds is 4. The van der Waals surface area contributed by atoms with Crippen molar-refractivity contribution < 1.29 is 13.7 Å². The molecule has 1 aromatic carbocycles. The van der Waals surface area contributed by atoms with Crippen molar-refractivity contribution in [2.24, 2.45) is 5.73 Å². The lowest BCUT2D eigenvalue weighted by Gasteiger charge is -2.04. The zero-order valence-electron chi connectivity index (χ0n) is 10.4. The van der Waals surface area contributed by atoms with E-state index >= 15 is 0 Å². The highest BCUT2D eigenvalue weighted by molar-refractivity contribution is 5.85. The van der Waals surface area contributed by atoms with Crippen LogP contribution in [0.15, 0.2) is 35.1 Å². The normalized spacial score (nSPS) is 10.5. The molecule has 0 aliphatic rings. The topological polar surface area (TPSA) is 77.1 Å². The first kappa shape index (κ1) is 14.4. The van der Waals surface area contributed by atoms with Crippen molar-refractivity contribution in [1.82, 2.24) is 10.1 Å². The molecule has 0 spiro atoms. The van der Waals surface area contributed by atoms with Crippen LogP contribution in [0.1, 0.15) is 11.4 Å². The number of benzene rings is 1. The Kier molecular flexibility index (Phi) is 4.26. The van der Waals surface area contributed by atoms with E-state index in [0.717, 1.165) is 5.69 Å². The summed E-state index contributed by atoms with van der Waals surface area (Å²) in [5.74, 6) is 0.0852. The summed E-state index contributed by atoms with van der Waals surface area (Å²) in [6, 6.07) is 6.47. The van der Waals surface area contributed by atoms with Gasteiger partial charge < -0.3 is 20.0 Å². The third kappa shape index (κ3) is 2.76. The Hall–Kier alpha value is -2.05. The Morgan fingerprint density at radius 2 is 2.20 bits per heavy atom. The predicted molar refractivity (Wildman–Crippen MR) is 74.2 cm³/mol. The van der Waals surface area contributed by atoms with Crippen molar-refractivity contribution >= 4 is 23.3 Å². The number of aromatic amines is 1. The smallest absolute Gasteiger partial charge is 0.136 e. The van der Waals surface area contributed by atoms with E-state index < -0.39 is 0 Å². The van der Waals surface area contributed by atoms with E-state index in [0.29, 0.717) is 28.9 Å². The number of nitrogens with one attached hydrogen (secondary N) is 1. The van der Waals surface area contributed by atoms with Crippen molar-refractivity contribution in [2.75, 3.05) is 0 Å².